The SMILES string of the molecule is CCOCCN(C)c1ccc(CCN)c(Cl)c1. The predicted octanol–water partition coefficient (Wildman–Crippen LogP) is 2.31. The zero-order valence-corrected chi connectivity index (χ0v) is 11.3. The van der Waals surface area contributed by atoms with Crippen LogP contribution in [0.1, 0.15) is 12.5 Å². The van der Waals surface area contributed by atoms with Crippen LogP contribution in [0.15, 0.2) is 18.2 Å². The number of nitrogens with two attached hydrogens (primary N) is 1. The first-order valence-electron chi connectivity index (χ1n) is 5.96. The largest absolute Gasteiger partial charge is 0.380 e. The maximum absolute atomic E-state index is 6.20. The van der Waals surface area contributed by atoms with Crippen LogP contribution in [-0.4, -0.2) is 33.4 Å². The van der Waals surface area contributed by atoms with Crippen molar-refractivity contribution < 1.29 is 4.74 Å². The van der Waals surface area contributed by atoms with Gasteiger partial charge in [0, 0.05) is 30.9 Å². The van der Waals surface area contributed by atoms with Gasteiger partial charge in [-0.25, -0.2) is 0 Å². The molecule has 96 valence electrons. The zero-order chi connectivity index (χ0) is 12.7. The third-order valence-electron chi connectivity index (χ3n) is 2.67. The Morgan fingerprint density at radius 3 is 2.76 bits per heavy atom. The van der Waals surface area contributed by atoms with Crippen LogP contribution in [-0.2, 0) is 11.2 Å². The Labute approximate surface area is 109 Å². The molecule has 17 heavy (non-hydrogen) atoms. The Morgan fingerprint density at radius 2 is 2.18 bits per heavy atom. The highest BCUT2D eigenvalue weighted by Crippen LogP contribution is 2.23. The van der Waals surface area contributed by atoms with Crippen molar-refractivity contribution in [3.05, 3.63) is 28.8 Å². The Kier molecular flexibility index (Phi) is 6.34. The molecule has 0 radical (unpaired) electrons. The first-order chi connectivity index (χ1) is 8.19. The van der Waals surface area contributed by atoms with Gasteiger partial charge in [-0.2, -0.15) is 0 Å². The summed E-state index contributed by atoms with van der Waals surface area (Å²) in [6.45, 7) is 4.97. The minimum Gasteiger partial charge on any atom is -0.380 e. The van der Waals surface area contributed by atoms with Crippen molar-refractivity contribution in [3.8, 4) is 0 Å². The van der Waals surface area contributed by atoms with Gasteiger partial charge >= 0.3 is 0 Å². The summed E-state index contributed by atoms with van der Waals surface area (Å²) in [5.74, 6) is 0. The van der Waals surface area contributed by atoms with Gasteiger partial charge < -0.3 is 15.4 Å². The molecule has 0 saturated heterocycles. The summed E-state index contributed by atoms with van der Waals surface area (Å²) in [4.78, 5) is 2.13. The Morgan fingerprint density at radius 1 is 1.41 bits per heavy atom. The lowest BCUT2D eigenvalue weighted by Gasteiger charge is -2.20. The van der Waals surface area contributed by atoms with E-state index in [4.69, 9.17) is 22.1 Å². The number of halogens is 1. The highest BCUT2D eigenvalue weighted by molar-refractivity contribution is 6.31. The summed E-state index contributed by atoms with van der Waals surface area (Å²) in [7, 11) is 2.04. The molecule has 0 spiro atoms. The van der Waals surface area contributed by atoms with E-state index >= 15 is 0 Å². The van der Waals surface area contributed by atoms with Crippen LogP contribution >= 0.6 is 11.6 Å². The highest BCUT2D eigenvalue weighted by atomic mass is 35.5. The van der Waals surface area contributed by atoms with E-state index in [1.54, 1.807) is 0 Å². The molecule has 0 atom stereocenters. The molecule has 1 aromatic carbocycles. The molecular formula is C13H21ClN2O. The number of rotatable bonds is 7. The molecule has 0 unspecified atom stereocenters. The Balaban J connectivity index is 2.62. The van der Waals surface area contributed by atoms with E-state index in [-0.39, 0.29) is 0 Å². The van der Waals surface area contributed by atoms with E-state index in [9.17, 15) is 0 Å². The summed E-state index contributed by atoms with van der Waals surface area (Å²) in [5, 5.41) is 0.788. The van der Waals surface area contributed by atoms with Crippen molar-refractivity contribution in [2.24, 2.45) is 5.73 Å². The van der Waals surface area contributed by atoms with E-state index in [1.165, 1.54) is 0 Å². The lowest BCUT2D eigenvalue weighted by atomic mass is 10.1. The van der Waals surface area contributed by atoms with Crippen molar-refractivity contribution in [2.75, 3.05) is 38.3 Å². The summed E-state index contributed by atoms with van der Waals surface area (Å²) < 4.78 is 5.33. The molecule has 0 saturated carbocycles. The van der Waals surface area contributed by atoms with E-state index in [0.29, 0.717) is 6.54 Å². The average molecular weight is 257 g/mol. The molecule has 0 fully saturated rings. The molecule has 0 aliphatic carbocycles. The monoisotopic (exact) mass is 256 g/mol. The third kappa shape index (κ3) is 4.54. The van der Waals surface area contributed by atoms with Crippen LogP contribution in [0.25, 0.3) is 0 Å². The number of hydrogen-bond donors (Lipinski definition) is 1. The van der Waals surface area contributed by atoms with Crippen LogP contribution < -0.4 is 10.6 Å². The standard InChI is InChI=1S/C13H21ClN2O/c1-3-17-9-8-16(2)12-5-4-11(6-7-15)13(14)10-12/h4-5,10H,3,6-9,15H2,1-2H3. The zero-order valence-electron chi connectivity index (χ0n) is 10.6. The van der Waals surface area contributed by atoms with Crippen LogP contribution in [0.2, 0.25) is 5.02 Å². The van der Waals surface area contributed by atoms with E-state index in [2.05, 4.69) is 11.0 Å². The molecule has 0 bridgehead atoms. The minimum absolute atomic E-state index is 0.624. The van der Waals surface area contributed by atoms with Crippen LogP contribution in [0, 0.1) is 0 Å². The summed E-state index contributed by atoms with van der Waals surface area (Å²) >= 11 is 6.20. The molecular weight excluding hydrogens is 236 g/mol. The number of nitrogens with zero attached hydrogens (tertiary/aromatic N) is 1. The van der Waals surface area contributed by atoms with Gasteiger partial charge in [-0.1, -0.05) is 17.7 Å². The summed E-state index contributed by atoms with van der Waals surface area (Å²) in [6, 6.07) is 6.10. The molecule has 0 heterocycles. The first kappa shape index (κ1) is 14.3. The van der Waals surface area contributed by atoms with Gasteiger partial charge in [0.2, 0.25) is 0 Å². The molecule has 3 nitrogen and oxygen atoms in total. The lowest BCUT2D eigenvalue weighted by Crippen LogP contribution is -2.22. The van der Waals surface area contributed by atoms with Crippen LogP contribution in [0.3, 0.4) is 0 Å². The summed E-state index contributed by atoms with van der Waals surface area (Å²) in [5.41, 5.74) is 7.74. The fourth-order valence-electron chi connectivity index (χ4n) is 1.61. The molecule has 0 amide bonds. The Hall–Kier alpha value is -0.770. The van der Waals surface area contributed by atoms with E-state index in [0.717, 1.165) is 42.5 Å². The minimum atomic E-state index is 0.624. The second-order valence-corrected chi connectivity index (χ2v) is 4.34. The van der Waals surface area contributed by atoms with Crippen molar-refractivity contribution >= 4 is 17.3 Å². The number of benzene rings is 1. The van der Waals surface area contributed by atoms with Crippen LogP contribution in [0.4, 0.5) is 5.69 Å². The topological polar surface area (TPSA) is 38.5 Å². The van der Waals surface area contributed by atoms with Crippen molar-refractivity contribution in [1.29, 1.82) is 0 Å². The fraction of sp³-hybridized carbons (Fsp3) is 0.538. The molecule has 0 aromatic heterocycles. The van der Waals surface area contributed by atoms with Crippen molar-refractivity contribution in [2.45, 2.75) is 13.3 Å². The van der Waals surface area contributed by atoms with Gasteiger partial charge in [0.05, 0.1) is 6.61 Å². The van der Waals surface area contributed by atoms with Gasteiger partial charge in [0.25, 0.3) is 0 Å². The molecule has 4 heteroatoms. The first-order valence-corrected chi connectivity index (χ1v) is 6.34. The number of ether oxygens (including phenoxy) is 1. The van der Waals surface area contributed by atoms with Gasteiger partial charge in [-0.3, -0.25) is 0 Å². The molecule has 2 N–H and O–H groups in total. The molecule has 1 rings (SSSR count). The molecule has 0 aliphatic rings. The average Bonchev–Trinajstić information content (AvgIpc) is 2.32. The van der Waals surface area contributed by atoms with E-state index < -0.39 is 0 Å². The van der Waals surface area contributed by atoms with E-state index in [1.807, 2.05) is 26.1 Å². The van der Waals surface area contributed by atoms with Gasteiger partial charge in [-0.15, -0.1) is 0 Å². The molecule has 1 aromatic rings. The normalized spacial score (nSPS) is 10.6. The fourth-order valence-corrected chi connectivity index (χ4v) is 1.88. The number of likely N-dealkylation sites (N-methyl/N-ethyl adjacent to an activating group) is 1. The second kappa shape index (κ2) is 7.54. The quantitative estimate of drug-likeness (QED) is 0.761. The smallest absolute Gasteiger partial charge is 0.0641 e. The van der Waals surface area contributed by atoms with Gasteiger partial charge in [0.1, 0.15) is 0 Å². The molecule has 0 aliphatic heterocycles. The summed E-state index contributed by atoms with van der Waals surface area (Å²) in [6.07, 6.45) is 0.821. The number of anilines is 1. The predicted molar refractivity (Wildman–Crippen MR) is 74.0 cm³/mol. The van der Waals surface area contributed by atoms with Gasteiger partial charge in [-0.05, 0) is 37.6 Å². The maximum atomic E-state index is 6.20. The van der Waals surface area contributed by atoms with Crippen LogP contribution in [0.5, 0.6) is 0 Å². The van der Waals surface area contributed by atoms with Gasteiger partial charge in [0.15, 0.2) is 0 Å². The second-order valence-electron chi connectivity index (χ2n) is 3.93. The van der Waals surface area contributed by atoms with Crippen molar-refractivity contribution in [1.82, 2.24) is 0 Å². The highest BCUT2D eigenvalue weighted by Gasteiger charge is 2.05. The number of hydrogen-bond acceptors (Lipinski definition) is 3. The third-order valence-corrected chi connectivity index (χ3v) is 3.02. The Bertz CT molecular complexity index is 344. The maximum Gasteiger partial charge on any atom is 0.0641 e. The van der Waals surface area contributed by atoms with Crippen molar-refractivity contribution in [3.63, 3.8) is 0 Å². The lowest BCUT2D eigenvalue weighted by molar-refractivity contribution is 0.154.